The van der Waals surface area contributed by atoms with Crippen LogP contribution in [-0.2, 0) is 0 Å². The second-order valence-corrected chi connectivity index (χ2v) is 6.67. The second-order valence-electron chi connectivity index (χ2n) is 6.67. The lowest BCUT2D eigenvalue weighted by Gasteiger charge is -2.09. The Balaban J connectivity index is 1.66. The van der Waals surface area contributed by atoms with Crippen molar-refractivity contribution in [2.45, 2.75) is 0 Å². The Labute approximate surface area is 178 Å². The van der Waals surface area contributed by atoms with Crippen molar-refractivity contribution in [1.82, 2.24) is 0 Å². The van der Waals surface area contributed by atoms with Gasteiger partial charge in [-0.15, -0.1) is 0 Å². The number of nitrogens with one attached hydrogen (secondary N) is 2. The highest BCUT2D eigenvalue weighted by Crippen LogP contribution is 2.32. The van der Waals surface area contributed by atoms with Gasteiger partial charge in [-0.3, -0.25) is 9.59 Å². The van der Waals surface area contributed by atoms with E-state index in [1.54, 1.807) is 80.9 Å². The standard InChI is InChI=1S/C24H20N2O5/c1-29-17-12-10-15(11-13-17)23(27)26-21-19-8-3-4-9-20(19)31-22(21)24(28)25-16-6-5-7-18(14-16)30-2/h3-14H,1-2H3,(H,25,28)(H,26,27). The second kappa shape index (κ2) is 8.62. The number of anilines is 2. The quantitative estimate of drug-likeness (QED) is 0.464. The zero-order valence-corrected chi connectivity index (χ0v) is 17.0. The van der Waals surface area contributed by atoms with Crippen LogP contribution in [-0.4, -0.2) is 26.0 Å². The number of amides is 2. The monoisotopic (exact) mass is 416 g/mol. The van der Waals surface area contributed by atoms with Gasteiger partial charge in [-0.25, -0.2) is 0 Å². The molecule has 7 nitrogen and oxygen atoms in total. The minimum absolute atomic E-state index is 0.00545. The van der Waals surface area contributed by atoms with Gasteiger partial charge >= 0.3 is 0 Å². The van der Waals surface area contributed by atoms with Crippen LogP contribution < -0.4 is 20.1 Å². The molecule has 0 aliphatic rings. The first-order chi connectivity index (χ1) is 15.1. The molecule has 0 bridgehead atoms. The van der Waals surface area contributed by atoms with Gasteiger partial charge in [-0.05, 0) is 48.5 Å². The van der Waals surface area contributed by atoms with Crippen LogP contribution in [0.25, 0.3) is 11.0 Å². The maximum atomic E-state index is 13.0. The summed E-state index contributed by atoms with van der Waals surface area (Å²) in [5.41, 5.74) is 1.75. The zero-order chi connectivity index (χ0) is 21.8. The molecule has 2 N–H and O–H groups in total. The molecule has 7 heteroatoms. The minimum Gasteiger partial charge on any atom is -0.497 e. The molecular weight excluding hydrogens is 396 g/mol. The molecule has 156 valence electrons. The molecule has 0 unspecified atom stereocenters. The smallest absolute Gasteiger partial charge is 0.293 e. The van der Waals surface area contributed by atoms with Crippen LogP contribution in [0.4, 0.5) is 11.4 Å². The number of para-hydroxylation sites is 1. The van der Waals surface area contributed by atoms with Crippen molar-refractivity contribution in [1.29, 1.82) is 0 Å². The minimum atomic E-state index is -0.491. The molecule has 0 fully saturated rings. The van der Waals surface area contributed by atoms with Gasteiger partial charge in [-0.1, -0.05) is 18.2 Å². The van der Waals surface area contributed by atoms with E-state index < -0.39 is 5.91 Å². The Kier molecular flexibility index (Phi) is 5.57. The highest BCUT2D eigenvalue weighted by molar-refractivity contribution is 6.16. The lowest BCUT2D eigenvalue weighted by Crippen LogP contribution is -2.17. The van der Waals surface area contributed by atoms with Crippen LogP contribution in [0.3, 0.4) is 0 Å². The maximum absolute atomic E-state index is 13.0. The fraction of sp³-hybridized carbons (Fsp3) is 0.0833. The number of fused-ring (bicyclic) bond motifs is 1. The van der Waals surface area contributed by atoms with E-state index in [0.717, 1.165) is 0 Å². The summed E-state index contributed by atoms with van der Waals surface area (Å²) in [7, 11) is 3.10. The van der Waals surface area contributed by atoms with Crippen molar-refractivity contribution in [3.63, 3.8) is 0 Å². The van der Waals surface area contributed by atoms with E-state index in [1.165, 1.54) is 0 Å². The molecule has 0 atom stereocenters. The van der Waals surface area contributed by atoms with E-state index in [9.17, 15) is 9.59 Å². The van der Waals surface area contributed by atoms with Crippen molar-refractivity contribution >= 4 is 34.2 Å². The number of benzene rings is 3. The highest BCUT2D eigenvalue weighted by atomic mass is 16.5. The van der Waals surface area contributed by atoms with E-state index >= 15 is 0 Å². The van der Waals surface area contributed by atoms with Crippen LogP contribution in [0.15, 0.2) is 77.2 Å². The van der Waals surface area contributed by atoms with Gasteiger partial charge in [0.25, 0.3) is 11.8 Å². The number of ether oxygens (including phenoxy) is 2. The van der Waals surface area contributed by atoms with Gasteiger partial charge in [0.15, 0.2) is 0 Å². The summed E-state index contributed by atoms with van der Waals surface area (Å²) in [5, 5.41) is 6.22. The third kappa shape index (κ3) is 4.20. The van der Waals surface area contributed by atoms with Crippen LogP contribution in [0.2, 0.25) is 0 Å². The van der Waals surface area contributed by atoms with Gasteiger partial charge in [0.05, 0.1) is 14.2 Å². The molecule has 0 aliphatic carbocycles. The Morgan fingerprint density at radius 2 is 1.52 bits per heavy atom. The Bertz CT molecular complexity index is 1240. The van der Waals surface area contributed by atoms with E-state index in [0.29, 0.717) is 39.4 Å². The van der Waals surface area contributed by atoms with E-state index in [2.05, 4.69) is 10.6 Å². The summed E-state index contributed by atoms with van der Waals surface area (Å²) in [5.74, 6) is 0.393. The lowest BCUT2D eigenvalue weighted by atomic mass is 10.1. The highest BCUT2D eigenvalue weighted by Gasteiger charge is 2.23. The molecule has 0 aliphatic heterocycles. The molecule has 0 spiro atoms. The molecule has 31 heavy (non-hydrogen) atoms. The first kappa shape index (κ1) is 20.0. The Morgan fingerprint density at radius 3 is 2.26 bits per heavy atom. The molecule has 4 aromatic rings. The predicted octanol–water partition coefficient (Wildman–Crippen LogP) is 4.95. The maximum Gasteiger partial charge on any atom is 0.293 e. The van der Waals surface area contributed by atoms with E-state index in [-0.39, 0.29) is 11.7 Å². The van der Waals surface area contributed by atoms with Gasteiger partial charge in [-0.2, -0.15) is 0 Å². The average Bonchev–Trinajstić information content (AvgIpc) is 3.17. The van der Waals surface area contributed by atoms with Gasteiger partial charge in [0, 0.05) is 22.7 Å². The summed E-state index contributed by atoms with van der Waals surface area (Å²) in [4.78, 5) is 25.8. The number of hydrogen-bond acceptors (Lipinski definition) is 5. The van der Waals surface area contributed by atoms with Crippen molar-refractivity contribution in [2.75, 3.05) is 24.9 Å². The first-order valence-corrected chi connectivity index (χ1v) is 9.51. The van der Waals surface area contributed by atoms with Crippen LogP contribution >= 0.6 is 0 Å². The number of furan rings is 1. The number of methoxy groups -OCH3 is 2. The fourth-order valence-corrected chi connectivity index (χ4v) is 3.15. The molecule has 4 rings (SSSR count). The van der Waals surface area contributed by atoms with Crippen molar-refractivity contribution in [2.24, 2.45) is 0 Å². The van der Waals surface area contributed by atoms with E-state index in [4.69, 9.17) is 13.9 Å². The SMILES string of the molecule is COc1ccc(C(=O)Nc2c(C(=O)Nc3cccc(OC)c3)oc3ccccc23)cc1. The summed E-state index contributed by atoms with van der Waals surface area (Å²) in [6.45, 7) is 0. The summed E-state index contributed by atoms with van der Waals surface area (Å²) in [6.07, 6.45) is 0. The lowest BCUT2D eigenvalue weighted by molar-refractivity contribution is 0.0999. The topological polar surface area (TPSA) is 89.8 Å². The van der Waals surface area contributed by atoms with Crippen LogP contribution in [0, 0.1) is 0 Å². The molecule has 3 aromatic carbocycles. The zero-order valence-electron chi connectivity index (χ0n) is 17.0. The number of carbonyl (C=O) groups excluding carboxylic acids is 2. The molecule has 0 saturated carbocycles. The molecule has 1 heterocycles. The normalized spacial score (nSPS) is 10.5. The van der Waals surface area contributed by atoms with Crippen molar-refractivity contribution < 1.29 is 23.5 Å². The summed E-state index contributed by atoms with van der Waals surface area (Å²) >= 11 is 0. The Hall–Kier alpha value is -4.26. The van der Waals surface area contributed by atoms with Gasteiger partial charge in [0.1, 0.15) is 22.8 Å². The average molecular weight is 416 g/mol. The fourth-order valence-electron chi connectivity index (χ4n) is 3.15. The Morgan fingerprint density at radius 1 is 0.774 bits per heavy atom. The first-order valence-electron chi connectivity index (χ1n) is 9.51. The van der Waals surface area contributed by atoms with Crippen molar-refractivity contribution in [3.05, 3.63) is 84.1 Å². The number of hydrogen-bond donors (Lipinski definition) is 2. The van der Waals surface area contributed by atoms with Crippen molar-refractivity contribution in [3.8, 4) is 11.5 Å². The third-order valence-electron chi connectivity index (χ3n) is 4.72. The third-order valence-corrected chi connectivity index (χ3v) is 4.72. The molecule has 0 radical (unpaired) electrons. The van der Waals surface area contributed by atoms with Crippen LogP contribution in [0.5, 0.6) is 11.5 Å². The summed E-state index contributed by atoms with van der Waals surface area (Å²) in [6, 6.07) is 20.8. The molecule has 1 aromatic heterocycles. The molecule has 2 amide bonds. The number of rotatable bonds is 6. The van der Waals surface area contributed by atoms with Crippen LogP contribution in [0.1, 0.15) is 20.9 Å². The number of carbonyl (C=O) groups is 2. The molecular formula is C24H20N2O5. The predicted molar refractivity (Wildman–Crippen MR) is 118 cm³/mol. The summed E-state index contributed by atoms with van der Waals surface area (Å²) < 4.78 is 16.1. The molecule has 0 saturated heterocycles. The van der Waals surface area contributed by atoms with Gasteiger partial charge < -0.3 is 24.5 Å². The van der Waals surface area contributed by atoms with E-state index in [1.807, 2.05) is 6.07 Å². The largest absolute Gasteiger partial charge is 0.497 e. The van der Waals surface area contributed by atoms with Gasteiger partial charge in [0.2, 0.25) is 5.76 Å².